The van der Waals surface area contributed by atoms with Crippen LogP contribution in [0.1, 0.15) is 52.7 Å². The number of hydrogen-bond acceptors (Lipinski definition) is 0. The third kappa shape index (κ3) is 6.28. The summed E-state index contributed by atoms with van der Waals surface area (Å²) in [5.74, 6) is 0. The summed E-state index contributed by atoms with van der Waals surface area (Å²) in [7, 11) is 0. The van der Waals surface area contributed by atoms with E-state index >= 15 is 0 Å². The Morgan fingerprint density at radius 1 is 0.294 bits per heavy atom. The summed E-state index contributed by atoms with van der Waals surface area (Å²) in [6, 6.07) is 76.1. The molecule has 0 aliphatic heterocycles. The van der Waals surface area contributed by atoms with Gasteiger partial charge in [0.2, 0.25) is 0 Å². The molecule has 0 saturated carbocycles. The van der Waals surface area contributed by atoms with E-state index in [1.165, 1.54) is 134 Å². The Labute approximate surface area is 403 Å². The van der Waals surface area contributed by atoms with E-state index in [0.29, 0.717) is 0 Å². The molecule has 0 spiro atoms. The van der Waals surface area contributed by atoms with Gasteiger partial charge in [0.25, 0.3) is 0 Å². The van der Waals surface area contributed by atoms with Crippen molar-refractivity contribution in [1.82, 2.24) is 4.57 Å². The molecular weight excluding hydrogens is 886 g/mol. The number of hydrogen-bond donors (Lipinski definition) is 0. The van der Waals surface area contributed by atoms with Crippen molar-refractivity contribution in [3.63, 3.8) is 0 Å². The van der Waals surface area contributed by atoms with Crippen LogP contribution in [0.15, 0.2) is 200 Å². The van der Waals surface area contributed by atoms with Crippen molar-refractivity contribution in [1.29, 1.82) is 0 Å². The van der Waals surface area contributed by atoms with Crippen LogP contribution in [0.4, 0.5) is 0 Å². The van der Waals surface area contributed by atoms with Gasteiger partial charge in [-0.25, -0.2) is 0 Å². The van der Waals surface area contributed by atoms with Gasteiger partial charge in [0.1, 0.15) is 0 Å². The molecule has 13 rings (SSSR count). The fourth-order valence-electron chi connectivity index (χ4n) is 11.3. The molecule has 0 saturated heterocycles. The van der Waals surface area contributed by atoms with Crippen LogP contribution in [0.2, 0.25) is 0 Å². The number of fused-ring (bicyclic) bond motifs is 10. The second-order valence-electron chi connectivity index (χ2n) is 20.8. The number of aromatic nitrogens is 1. The fourth-order valence-corrected chi connectivity index (χ4v) is 13.7. The summed E-state index contributed by atoms with van der Waals surface area (Å²) in [6.07, 6.45) is 0. The van der Waals surface area contributed by atoms with Gasteiger partial charge in [0, 0.05) is 0 Å². The van der Waals surface area contributed by atoms with Crippen molar-refractivity contribution < 1.29 is 0 Å². The molecule has 0 bridgehead atoms. The van der Waals surface area contributed by atoms with Crippen LogP contribution in [-0.2, 0) is 10.8 Å². The zero-order chi connectivity index (χ0) is 46.1. The molecule has 326 valence electrons. The first-order valence-corrected chi connectivity index (χ1v) is 25.7. The molecule has 13 aromatic rings. The third-order valence-corrected chi connectivity index (χ3v) is 17.0. The van der Waals surface area contributed by atoms with Crippen LogP contribution < -0.4 is 0 Å². The van der Waals surface area contributed by atoms with Crippen LogP contribution in [0.5, 0.6) is 0 Å². The fraction of sp³-hybridized carbons (Fsp3) is 0.121. The summed E-state index contributed by atoms with van der Waals surface area (Å²) >= 11 is 0.180. The van der Waals surface area contributed by atoms with Crippen molar-refractivity contribution in [3.05, 3.63) is 211 Å². The first kappa shape index (κ1) is 41.0. The van der Waals surface area contributed by atoms with Crippen molar-refractivity contribution >= 4 is 98.7 Å². The van der Waals surface area contributed by atoms with Crippen LogP contribution >= 0.6 is 0 Å². The zero-order valence-electron chi connectivity index (χ0n) is 39.4. The maximum atomic E-state index is 2.57. The maximum absolute atomic E-state index is 2.57. The van der Waals surface area contributed by atoms with Gasteiger partial charge in [0.15, 0.2) is 0 Å². The van der Waals surface area contributed by atoms with E-state index in [4.69, 9.17) is 0 Å². The summed E-state index contributed by atoms with van der Waals surface area (Å²) in [4.78, 5) is 0. The molecular formula is C66H51NSe. The van der Waals surface area contributed by atoms with Gasteiger partial charge in [-0.15, -0.1) is 0 Å². The Morgan fingerprint density at radius 2 is 0.706 bits per heavy atom. The first-order valence-electron chi connectivity index (χ1n) is 24.0. The van der Waals surface area contributed by atoms with E-state index in [2.05, 4.69) is 246 Å². The molecule has 0 aliphatic rings. The minimum atomic E-state index is 0.0317. The van der Waals surface area contributed by atoms with Crippen LogP contribution in [0, 0.1) is 0 Å². The normalized spacial score (nSPS) is 12.6. The second-order valence-corrected chi connectivity index (χ2v) is 23.1. The van der Waals surface area contributed by atoms with Crippen molar-refractivity contribution in [3.8, 4) is 39.1 Å². The Kier molecular flexibility index (Phi) is 9.13. The predicted octanol–water partition coefficient (Wildman–Crippen LogP) is 18.4. The van der Waals surface area contributed by atoms with E-state index in [-0.39, 0.29) is 25.3 Å². The molecule has 1 nitrogen and oxygen atoms in total. The molecule has 11 aromatic carbocycles. The molecule has 0 fully saturated rings. The van der Waals surface area contributed by atoms with E-state index in [9.17, 15) is 0 Å². The van der Waals surface area contributed by atoms with Crippen LogP contribution in [-0.4, -0.2) is 19.1 Å². The number of rotatable bonds is 4. The van der Waals surface area contributed by atoms with Gasteiger partial charge in [-0.3, -0.25) is 0 Å². The minimum absolute atomic E-state index is 0.0317. The molecule has 2 aromatic heterocycles. The van der Waals surface area contributed by atoms with Crippen molar-refractivity contribution in [2.24, 2.45) is 0 Å². The predicted molar refractivity (Wildman–Crippen MR) is 296 cm³/mol. The Bertz CT molecular complexity index is 4020. The van der Waals surface area contributed by atoms with Gasteiger partial charge in [0.05, 0.1) is 0 Å². The molecule has 0 unspecified atom stereocenters. The molecule has 68 heavy (non-hydrogen) atoms. The molecule has 0 atom stereocenters. The average Bonchev–Trinajstić information content (AvgIpc) is 3.88. The van der Waals surface area contributed by atoms with E-state index < -0.39 is 0 Å². The Morgan fingerprint density at radius 3 is 1.19 bits per heavy atom. The molecule has 0 aliphatic carbocycles. The second kappa shape index (κ2) is 15.1. The van der Waals surface area contributed by atoms with Crippen LogP contribution in [0.3, 0.4) is 0 Å². The molecule has 0 amide bonds. The van der Waals surface area contributed by atoms with Crippen LogP contribution in [0.25, 0.3) is 123 Å². The van der Waals surface area contributed by atoms with Gasteiger partial charge in [-0.2, -0.15) is 0 Å². The van der Waals surface area contributed by atoms with Crippen molar-refractivity contribution in [2.45, 2.75) is 52.4 Å². The summed E-state index contributed by atoms with van der Waals surface area (Å²) in [5.41, 5.74) is 14.2. The van der Waals surface area contributed by atoms with Gasteiger partial charge < -0.3 is 0 Å². The molecule has 0 N–H and O–H groups in total. The number of nitrogens with zero attached hydrogens (tertiary/aromatic N) is 1. The quantitative estimate of drug-likeness (QED) is 0.122. The summed E-state index contributed by atoms with van der Waals surface area (Å²) in [6.45, 7) is 13.9. The first-order chi connectivity index (χ1) is 33.0. The monoisotopic (exact) mass is 937 g/mol. The summed E-state index contributed by atoms with van der Waals surface area (Å²) < 4.78 is 5.46. The topological polar surface area (TPSA) is 4.93 Å². The van der Waals surface area contributed by atoms with E-state index in [0.717, 1.165) is 0 Å². The van der Waals surface area contributed by atoms with E-state index in [1.54, 1.807) is 0 Å². The Balaban J connectivity index is 1.02. The third-order valence-electron chi connectivity index (χ3n) is 14.7. The van der Waals surface area contributed by atoms with Gasteiger partial charge in [-0.1, -0.05) is 41.5 Å². The average molecular weight is 937 g/mol. The van der Waals surface area contributed by atoms with Gasteiger partial charge >= 0.3 is 343 Å². The van der Waals surface area contributed by atoms with Crippen molar-refractivity contribution in [2.75, 3.05) is 0 Å². The van der Waals surface area contributed by atoms with E-state index in [1.807, 2.05) is 0 Å². The molecule has 2 heteroatoms. The standard InChI is InChI=1S/C66H51NSe/c1-65(2,3)43-30-33-57-54(38-43)55-39-44(66(4,5)6)31-34-58(55)67(57)64-52-26-16-14-24-50(52)62(51-25-15-17-27-53(51)64)41-29-35-59-56(36-41)45-32-28-42(37-60(45)68-59)63-48-22-12-10-20-46(48)61(40-18-8-7-9-19-40)47-21-11-13-23-49(47)63/h7-39H,1-6H3. The molecule has 0 radical (unpaired) electrons. The number of benzene rings is 11. The molecule has 2 heterocycles. The van der Waals surface area contributed by atoms with Gasteiger partial charge in [-0.05, 0) is 22.0 Å². The summed E-state index contributed by atoms with van der Waals surface area (Å²) in [5, 5.41) is 15.6. The zero-order valence-corrected chi connectivity index (χ0v) is 41.1. The Hall–Kier alpha value is -7.22. The SMILES string of the molecule is CC(C)(C)c1ccc2c(c1)c1cc(C(C)(C)C)ccc1n2-c1c2ccccc2c(-c2ccc3[se]c4cc(-c5c6ccccc6c(-c6ccccc6)c6ccccc56)ccc4c3c2)c2ccccc12.